The van der Waals surface area contributed by atoms with E-state index in [-0.39, 0.29) is 16.3 Å². The summed E-state index contributed by atoms with van der Waals surface area (Å²) >= 11 is 5.90. The molecule has 0 radical (unpaired) electrons. The number of amides is 1. The average molecular weight is 287 g/mol. The first-order valence-corrected chi connectivity index (χ1v) is 5.47. The van der Waals surface area contributed by atoms with Crippen molar-refractivity contribution in [3.8, 4) is 0 Å². The molecule has 19 heavy (non-hydrogen) atoms. The molecule has 0 aliphatic heterocycles. The first-order chi connectivity index (χ1) is 8.81. The molecule has 0 atom stereocenters. The van der Waals surface area contributed by atoms with Gasteiger partial charge in [0.2, 0.25) is 5.91 Å². The molecule has 1 aromatic rings. The van der Waals surface area contributed by atoms with Gasteiger partial charge in [-0.05, 0) is 18.2 Å². The Hall–Kier alpha value is -2.28. The van der Waals surface area contributed by atoms with Gasteiger partial charge in [0.1, 0.15) is 13.1 Å². The zero-order chi connectivity index (χ0) is 14.6. The van der Waals surface area contributed by atoms with Gasteiger partial charge < -0.3 is 20.8 Å². The normalized spacial score (nSPS) is 9.95. The molecular weight excluding hydrogens is 276 g/mol. The third-order valence-corrected chi connectivity index (χ3v) is 2.53. The van der Waals surface area contributed by atoms with Gasteiger partial charge in [-0.25, -0.2) is 0 Å². The Balaban J connectivity index is 3.11. The van der Waals surface area contributed by atoms with Crippen molar-refractivity contribution in [2.45, 2.75) is 0 Å². The van der Waals surface area contributed by atoms with E-state index in [1.54, 1.807) is 0 Å². The van der Waals surface area contributed by atoms with Gasteiger partial charge >= 0.3 is 11.9 Å². The van der Waals surface area contributed by atoms with Crippen LogP contribution in [0.4, 0.5) is 5.69 Å². The molecule has 7 nitrogen and oxygen atoms in total. The molecule has 0 bridgehead atoms. The highest BCUT2D eigenvalue weighted by molar-refractivity contribution is 6.33. The third kappa shape index (κ3) is 4.14. The Labute approximate surface area is 113 Å². The number of carbonyl (C=O) groups excluding carboxylic acids is 1. The van der Waals surface area contributed by atoms with E-state index in [4.69, 9.17) is 27.5 Å². The second-order valence-corrected chi connectivity index (χ2v) is 4.08. The van der Waals surface area contributed by atoms with E-state index < -0.39 is 30.9 Å². The van der Waals surface area contributed by atoms with Crippen LogP contribution in [-0.2, 0) is 9.59 Å². The fraction of sp³-hybridized carbons (Fsp3) is 0.182. The monoisotopic (exact) mass is 286 g/mol. The summed E-state index contributed by atoms with van der Waals surface area (Å²) in [5.41, 5.74) is 5.43. The van der Waals surface area contributed by atoms with E-state index in [9.17, 15) is 14.4 Å². The Kier molecular flexibility index (Phi) is 4.71. The molecule has 0 fully saturated rings. The highest BCUT2D eigenvalue weighted by atomic mass is 35.5. The lowest BCUT2D eigenvalue weighted by Crippen LogP contribution is -2.34. The fourth-order valence-corrected chi connectivity index (χ4v) is 1.77. The Morgan fingerprint density at radius 2 is 1.68 bits per heavy atom. The molecule has 1 amide bonds. The molecule has 102 valence electrons. The van der Waals surface area contributed by atoms with Gasteiger partial charge in [-0.3, -0.25) is 14.4 Å². The summed E-state index contributed by atoms with van der Waals surface area (Å²) in [4.78, 5) is 33.4. The number of nitrogens with two attached hydrogens (primary N) is 1. The largest absolute Gasteiger partial charge is 0.480 e. The lowest BCUT2D eigenvalue weighted by atomic mass is 10.2. The number of rotatable bonds is 6. The van der Waals surface area contributed by atoms with Crippen LogP contribution in [0.15, 0.2) is 18.2 Å². The summed E-state index contributed by atoms with van der Waals surface area (Å²) < 4.78 is 0. The number of carboxylic acids is 2. The van der Waals surface area contributed by atoms with E-state index in [0.717, 1.165) is 4.90 Å². The summed E-state index contributed by atoms with van der Waals surface area (Å²) in [5, 5.41) is 17.5. The summed E-state index contributed by atoms with van der Waals surface area (Å²) in [6.45, 7) is -1.05. The molecule has 0 aromatic heterocycles. The van der Waals surface area contributed by atoms with Gasteiger partial charge in [-0.2, -0.15) is 0 Å². The van der Waals surface area contributed by atoms with Gasteiger partial charge in [-0.15, -0.1) is 0 Å². The predicted molar refractivity (Wildman–Crippen MR) is 67.5 cm³/mol. The zero-order valence-corrected chi connectivity index (χ0v) is 10.4. The molecule has 0 unspecified atom stereocenters. The summed E-state index contributed by atoms with van der Waals surface area (Å²) in [5.74, 6) is -3.08. The van der Waals surface area contributed by atoms with E-state index in [0.29, 0.717) is 0 Å². The number of nitrogens with zero attached hydrogens (tertiary/aromatic N) is 1. The van der Waals surface area contributed by atoms with Crippen LogP contribution < -0.4 is 10.6 Å². The number of halogens is 1. The summed E-state index contributed by atoms with van der Waals surface area (Å²) in [6, 6.07) is 3.96. The standard InChI is InChI=1S/C11H11ClN2O5/c12-7-3-6(11(13)19)1-2-8(7)14(4-9(15)16)5-10(17)18/h1-3H,4-5H2,(H2,13,19)(H,15,16)(H,17,18). The van der Waals surface area contributed by atoms with E-state index >= 15 is 0 Å². The van der Waals surface area contributed by atoms with Crippen molar-refractivity contribution in [1.29, 1.82) is 0 Å². The molecule has 1 rings (SSSR count). The molecule has 0 aliphatic carbocycles. The molecule has 4 N–H and O–H groups in total. The Morgan fingerprint density at radius 3 is 2.05 bits per heavy atom. The lowest BCUT2D eigenvalue weighted by Gasteiger charge is -2.22. The van der Waals surface area contributed by atoms with Gasteiger partial charge in [0.05, 0.1) is 10.7 Å². The number of anilines is 1. The van der Waals surface area contributed by atoms with Gasteiger partial charge in [0.25, 0.3) is 0 Å². The van der Waals surface area contributed by atoms with Gasteiger partial charge in [-0.1, -0.05) is 11.6 Å². The minimum atomic E-state index is -1.20. The fourth-order valence-electron chi connectivity index (χ4n) is 1.47. The van der Waals surface area contributed by atoms with Gasteiger partial charge in [0.15, 0.2) is 0 Å². The van der Waals surface area contributed by atoms with Crippen LogP contribution in [0, 0.1) is 0 Å². The molecule has 1 aromatic carbocycles. The van der Waals surface area contributed by atoms with Crippen LogP contribution in [0.25, 0.3) is 0 Å². The lowest BCUT2D eigenvalue weighted by molar-refractivity contribution is -0.136. The smallest absolute Gasteiger partial charge is 0.323 e. The number of carboxylic acid groups (broad SMARTS) is 2. The molecule has 0 saturated heterocycles. The van der Waals surface area contributed by atoms with E-state index in [1.807, 2.05) is 0 Å². The van der Waals surface area contributed by atoms with Crippen LogP contribution in [0.3, 0.4) is 0 Å². The highest BCUT2D eigenvalue weighted by Gasteiger charge is 2.17. The number of aliphatic carboxylic acids is 2. The van der Waals surface area contributed by atoms with Crippen LogP contribution in [-0.4, -0.2) is 41.1 Å². The van der Waals surface area contributed by atoms with Crippen LogP contribution in [0.1, 0.15) is 10.4 Å². The maximum Gasteiger partial charge on any atom is 0.323 e. The molecule has 0 heterocycles. The number of hydrogen-bond donors (Lipinski definition) is 3. The predicted octanol–water partition coefficient (Wildman–Crippen LogP) is 0.414. The second-order valence-electron chi connectivity index (χ2n) is 3.67. The minimum absolute atomic E-state index is 0.0544. The first kappa shape index (κ1) is 14.8. The third-order valence-electron chi connectivity index (χ3n) is 2.23. The highest BCUT2D eigenvalue weighted by Crippen LogP contribution is 2.26. The van der Waals surface area contributed by atoms with E-state index in [2.05, 4.69) is 0 Å². The molecule has 0 aliphatic rings. The number of primary amides is 1. The summed E-state index contributed by atoms with van der Waals surface area (Å²) in [7, 11) is 0. The van der Waals surface area contributed by atoms with Crippen molar-refractivity contribution < 1.29 is 24.6 Å². The quantitative estimate of drug-likeness (QED) is 0.696. The topological polar surface area (TPSA) is 121 Å². The summed E-state index contributed by atoms with van der Waals surface area (Å²) in [6.07, 6.45) is 0. The van der Waals surface area contributed by atoms with Crippen molar-refractivity contribution >= 4 is 35.1 Å². The maximum atomic E-state index is 11.0. The van der Waals surface area contributed by atoms with Crippen molar-refractivity contribution in [3.05, 3.63) is 28.8 Å². The SMILES string of the molecule is NC(=O)c1ccc(N(CC(=O)O)CC(=O)O)c(Cl)c1. The molecule has 8 heteroatoms. The van der Waals surface area contributed by atoms with E-state index in [1.165, 1.54) is 18.2 Å². The molecular formula is C11H11ClN2O5. The van der Waals surface area contributed by atoms with Crippen LogP contribution >= 0.6 is 11.6 Å². The van der Waals surface area contributed by atoms with Crippen molar-refractivity contribution in [1.82, 2.24) is 0 Å². The number of hydrogen-bond acceptors (Lipinski definition) is 4. The minimum Gasteiger partial charge on any atom is -0.480 e. The van der Waals surface area contributed by atoms with Crippen molar-refractivity contribution in [3.63, 3.8) is 0 Å². The van der Waals surface area contributed by atoms with Crippen LogP contribution in [0.5, 0.6) is 0 Å². The van der Waals surface area contributed by atoms with Crippen molar-refractivity contribution in [2.75, 3.05) is 18.0 Å². The van der Waals surface area contributed by atoms with Crippen molar-refractivity contribution in [2.24, 2.45) is 5.73 Å². The Morgan fingerprint density at radius 1 is 1.16 bits per heavy atom. The molecule has 0 spiro atoms. The van der Waals surface area contributed by atoms with Crippen LogP contribution in [0.2, 0.25) is 5.02 Å². The second kappa shape index (κ2) is 6.05. The molecule has 0 saturated carbocycles. The first-order valence-electron chi connectivity index (χ1n) is 5.09. The Bertz CT molecular complexity index is 516. The maximum absolute atomic E-state index is 11.0. The number of carbonyl (C=O) groups is 3. The zero-order valence-electron chi connectivity index (χ0n) is 9.67. The van der Waals surface area contributed by atoms with Gasteiger partial charge in [0, 0.05) is 5.56 Å². The number of benzene rings is 1. The average Bonchev–Trinajstić information content (AvgIpc) is 2.26.